The maximum absolute atomic E-state index is 7.46. The van der Waals surface area contributed by atoms with Crippen LogP contribution in [0, 0.1) is 10.8 Å². The molecule has 160 valence electrons. The van der Waals surface area contributed by atoms with Crippen LogP contribution in [-0.2, 0) is 0 Å². The van der Waals surface area contributed by atoms with Gasteiger partial charge >= 0.3 is 0 Å². The first kappa shape index (κ1) is 26.2. The first-order valence-corrected chi connectivity index (χ1v) is 8.26. The lowest BCUT2D eigenvalue weighted by atomic mass is 10.2. The van der Waals surface area contributed by atoms with Crippen LogP contribution in [0.4, 0.5) is 0 Å². The summed E-state index contributed by atoms with van der Waals surface area (Å²) in [5.74, 6) is 2.13. The van der Waals surface area contributed by atoms with E-state index >= 15 is 0 Å². The number of amidine groups is 2. The van der Waals surface area contributed by atoms with Crippen molar-refractivity contribution in [3.05, 3.63) is 47.5 Å². The number of rotatable bonds is 10. The van der Waals surface area contributed by atoms with Gasteiger partial charge in [0.1, 0.15) is 11.7 Å². The van der Waals surface area contributed by atoms with Gasteiger partial charge in [-0.3, -0.25) is 10.8 Å². The molecule has 0 saturated carbocycles. The van der Waals surface area contributed by atoms with E-state index in [-0.39, 0.29) is 36.5 Å². The van der Waals surface area contributed by atoms with Crippen LogP contribution in [0.25, 0.3) is 0 Å². The van der Waals surface area contributed by atoms with E-state index in [9.17, 15) is 0 Å². The molecule has 0 radical (unpaired) electrons. The molecular weight excluding hydrogens is 419 g/mol. The number of hydrogen-bond acceptors (Lipinski definition) is 6. The lowest BCUT2D eigenvalue weighted by Gasteiger charge is -2.13. The van der Waals surface area contributed by atoms with Crippen LogP contribution >= 0.6 is 24.8 Å². The fourth-order valence-electron chi connectivity index (χ4n) is 2.33. The molecule has 0 aliphatic carbocycles. The predicted molar refractivity (Wildman–Crippen MR) is 118 cm³/mol. The normalized spacial score (nSPS) is 9.45. The molecule has 0 aliphatic heterocycles. The number of nitrogen functional groups attached to an aromatic ring is 2. The maximum Gasteiger partial charge on any atom is 0.161 e. The molecule has 0 atom stereocenters. The number of halogens is 2. The van der Waals surface area contributed by atoms with Crippen molar-refractivity contribution in [1.82, 2.24) is 0 Å². The van der Waals surface area contributed by atoms with E-state index in [1.165, 1.54) is 14.2 Å². The van der Waals surface area contributed by atoms with Crippen molar-refractivity contribution >= 4 is 36.5 Å². The summed E-state index contributed by atoms with van der Waals surface area (Å²) in [6.45, 7) is 0.841. The van der Waals surface area contributed by atoms with Gasteiger partial charge in [-0.1, -0.05) is 0 Å². The Morgan fingerprint density at radius 2 is 1.10 bits per heavy atom. The minimum atomic E-state index is -0.0296. The summed E-state index contributed by atoms with van der Waals surface area (Å²) in [7, 11) is 3.07. The number of hydrogen-bond donors (Lipinski definition) is 4. The van der Waals surface area contributed by atoms with Crippen LogP contribution in [-0.4, -0.2) is 39.1 Å². The molecule has 0 aliphatic rings. The molecule has 8 nitrogen and oxygen atoms in total. The van der Waals surface area contributed by atoms with Gasteiger partial charge in [-0.15, -0.1) is 24.8 Å². The molecule has 29 heavy (non-hydrogen) atoms. The molecule has 10 heteroatoms. The van der Waals surface area contributed by atoms with Crippen LogP contribution in [0.2, 0.25) is 0 Å². The third-order valence-corrected chi connectivity index (χ3v) is 3.75. The highest BCUT2D eigenvalue weighted by Crippen LogP contribution is 2.29. The second kappa shape index (κ2) is 12.6. The molecule has 0 bridgehead atoms. The van der Waals surface area contributed by atoms with E-state index in [0.717, 1.165) is 0 Å². The first-order valence-electron chi connectivity index (χ1n) is 8.26. The molecular formula is C19H26Cl2N4O4. The first-order chi connectivity index (χ1) is 13.0. The van der Waals surface area contributed by atoms with Gasteiger partial charge in [0.05, 0.1) is 27.4 Å². The summed E-state index contributed by atoms with van der Waals surface area (Å²) in [5.41, 5.74) is 12.1. The molecule has 2 rings (SSSR count). The van der Waals surface area contributed by atoms with Crippen molar-refractivity contribution in [3.8, 4) is 23.0 Å². The summed E-state index contributed by atoms with van der Waals surface area (Å²) in [6.07, 6.45) is 0.634. The SMILES string of the molecule is COc1cc(C(=N)N)ccc1OCCCOc1ccc(C(=N)N)cc1OC.Cl.Cl. The van der Waals surface area contributed by atoms with Crippen molar-refractivity contribution < 1.29 is 18.9 Å². The number of nitrogens with two attached hydrogens (primary N) is 2. The smallest absolute Gasteiger partial charge is 0.161 e. The van der Waals surface area contributed by atoms with Gasteiger partial charge in [0.2, 0.25) is 0 Å². The van der Waals surface area contributed by atoms with Crippen molar-refractivity contribution in [1.29, 1.82) is 10.8 Å². The Morgan fingerprint density at radius 3 is 1.41 bits per heavy atom. The van der Waals surface area contributed by atoms with E-state index in [4.69, 9.17) is 41.2 Å². The molecule has 0 unspecified atom stereocenters. The van der Waals surface area contributed by atoms with Crippen molar-refractivity contribution in [3.63, 3.8) is 0 Å². The van der Waals surface area contributed by atoms with Crippen LogP contribution < -0.4 is 30.4 Å². The summed E-state index contributed by atoms with van der Waals surface area (Å²) in [5, 5.41) is 14.9. The monoisotopic (exact) mass is 444 g/mol. The zero-order valence-corrected chi connectivity index (χ0v) is 17.8. The Hall–Kier alpha value is -2.84. The maximum atomic E-state index is 7.46. The average Bonchev–Trinajstić information content (AvgIpc) is 2.67. The van der Waals surface area contributed by atoms with Gasteiger partial charge in [0.25, 0.3) is 0 Å². The minimum absolute atomic E-state index is 0. The van der Waals surface area contributed by atoms with Crippen LogP contribution in [0.15, 0.2) is 36.4 Å². The molecule has 0 saturated heterocycles. The Morgan fingerprint density at radius 1 is 0.724 bits per heavy atom. The number of nitrogens with one attached hydrogen (secondary N) is 2. The fourth-order valence-corrected chi connectivity index (χ4v) is 2.33. The van der Waals surface area contributed by atoms with Crippen molar-refractivity contribution in [2.24, 2.45) is 11.5 Å². The second-order valence-corrected chi connectivity index (χ2v) is 5.61. The molecule has 2 aromatic carbocycles. The highest BCUT2D eigenvalue weighted by molar-refractivity contribution is 5.96. The van der Waals surface area contributed by atoms with E-state index in [0.29, 0.717) is 53.8 Å². The zero-order valence-electron chi connectivity index (χ0n) is 16.2. The van der Waals surface area contributed by atoms with Crippen LogP contribution in [0.5, 0.6) is 23.0 Å². The molecule has 0 aromatic heterocycles. The average molecular weight is 445 g/mol. The number of benzene rings is 2. The fraction of sp³-hybridized carbons (Fsp3) is 0.263. The molecule has 2 aromatic rings. The van der Waals surface area contributed by atoms with Crippen molar-refractivity contribution in [2.45, 2.75) is 6.42 Å². The standard InChI is InChI=1S/C19H24N4O4.2ClH/c1-24-16-10-12(18(20)21)4-6-14(16)26-8-3-9-27-15-7-5-13(19(22)23)11-17(15)25-2;;/h4-7,10-11H,3,8-9H2,1-2H3,(H3,20,21)(H3,22,23);2*1H. The van der Waals surface area contributed by atoms with Crippen molar-refractivity contribution in [2.75, 3.05) is 27.4 Å². The number of methoxy groups -OCH3 is 2. The quantitative estimate of drug-likeness (QED) is 0.252. The van der Waals surface area contributed by atoms with Gasteiger partial charge in [0.15, 0.2) is 23.0 Å². The number of ether oxygens (including phenoxy) is 4. The van der Waals surface area contributed by atoms with Gasteiger partial charge in [-0.05, 0) is 36.4 Å². The van der Waals surface area contributed by atoms with Crippen LogP contribution in [0.3, 0.4) is 0 Å². The molecule has 6 N–H and O–H groups in total. The third-order valence-electron chi connectivity index (χ3n) is 3.75. The molecule has 0 fully saturated rings. The lowest BCUT2D eigenvalue weighted by molar-refractivity contribution is 0.234. The van der Waals surface area contributed by atoms with E-state index < -0.39 is 0 Å². The van der Waals surface area contributed by atoms with E-state index in [2.05, 4.69) is 0 Å². The van der Waals surface area contributed by atoms with Crippen LogP contribution in [0.1, 0.15) is 17.5 Å². The molecule has 0 spiro atoms. The summed E-state index contributed by atoms with van der Waals surface area (Å²) in [6, 6.07) is 10.2. The van der Waals surface area contributed by atoms with Gasteiger partial charge in [-0.2, -0.15) is 0 Å². The Balaban J connectivity index is 0.00000392. The Bertz CT molecular complexity index is 766. The highest BCUT2D eigenvalue weighted by atomic mass is 35.5. The van der Waals surface area contributed by atoms with Gasteiger partial charge in [0, 0.05) is 17.5 Å². The third kappa shape index (κ3) is 7.24. The largest absolute Gasteiger partial charge is 0.493 e. The van der Waals surface area contributed by atoms with E-state index in [1.54, 1.807) is 36.4 Å². The second-order valence-electron chi connectivity index (χ2n) is 5.61. The van der Waals surface area contributed by atoms with E-state index in [1.807, 2.05) is 0 Å². The lowest BCUT2D eigenvalue weighted by Crippen LogP contribution is -2.12. The minimum Gasteiger partial charge on any atom is -0.493 e. The predicted octanol–water partition coefficient (Wildman–Crippen LogP) is 2.96. The summed E-state index contributed by atoms with van der Waals surface area (Å²) < 4.78 is 22.0. The topological polar surface area (TPSA) is 137 Å². The highest BCUT2D eigenvalue weighted by Gasteiger charge is 2.09. The van der Waals surface area contributed by atoms with Gasteiger partial charge in [-0.25, -0.2) is 0 Å². The summed E-state index contributed by atoms with van der Waals surface area (Å²) >= 11 is 0. The zero-order chi connectivity index (χ0) is 19.8. The van der Waals surface area contributed by atoms with Gasteiger partial charge < -0.3 is 30.4 Å². The summed E-state index contributed by atoms with van der Waals surface area (Å²) in [4.78, 5) is 0. The Kier molecular flexibility index (Phi) is 11.4. The Labute approximate surface area is 182 Å². The molecule has 0 heterocycles. The molecule has 0 amide bonds.